The lowest BCUT2D eigenvalue weighted by atomic mass is 10.1. The van der Waals surface area contributed by atoms with Crippen LogP contribution in [0.15, 0.2) is 18.2 Å². The number of amides is 1. The Morgan fingerprint density at radius 2 is 2.21 bits per heavy atom. The van der Waals surface area contributed by atoms with E-state index in [-0.39, 0.29) is 17.4 Å². The standard InChI is InChI=1S/C12H14ClNO4S/c1-18-11-3-2-9(13)6-10(11)14-12(15)8-4-5-19(16,17)7-8/h2-3,6,8H,4-5,7H2,1H3,(H,14,15)/t8-/m0/s1. The molecular weight excluding hydrogens is 290 g/mol. The van der Waals surface area contributed by atoms with Crippen molar-refractivity contribution in [2.24, 2.45) is 5.92 Å². The zero-order valence-corrected chi connectivity index (χ0v) is 11.9. The highest BCUT2D eigenvalue weighted by atomic mass is 35.5. The van der Waals surface area contributed by atoms with E-state index in [9.17, 15) is 13.2 Å². The molecule has 0 bridgehead atoms. The summed E-state index contributed by atoms with van der Waals surface area (Å²) in [6.07, 6.45) is 0.358. The predicted octanol–water partition coefficient (Wildman–Crippen LogP) is 1.72. The van der Waals surface area contributed by atoms with E-state index in [2.05, 4.69) is 5.32 Å². The van der Waals surface area contributed by atoms with E-state index in [0.29, 0.717) is 22.9 Å². The van der Waals surface area contributed by atoms with Gasteiger partial charge in [-0.25, -0.2) is 8.42 Å². The van der Waals surface area contributed by atoms with E-state index in [1.54, 1.807) is 18.2 Å². The maximum atomic E-state index is 12.0. The fourth-order valence-electron chi connectivity index (χ4n) is 2.01. The zero-order chi connectivity index (χ0) is 14.0. The summed E-state index contributed by atoms with van der Waals surface area (Å²) in [6.45, 7) is 0. The van der Waals surface area contributed by atoms with Crippen LogP contribution in [-0.2, 0) is 14.6 Å². The molecule has 1 atom stereocenters. The number of nitrogens with one attached hydrogen (secondary N) is 1. The molecule has 1 heterocycles. The highest BCUT2D eigenvalue weighted by Gasteiger charge is 2.33. The summed E-state index contributed by atoms with van der Waals surface area (Å²) in [5, 5.41) is 3.14. The number of hydrogen-bond acceptors (Lipinski definition) is 4. The van der Waals surface area contributed by atoms with E-state index in [1.165, 1.54) is 7.11 Å². The van der Waals surface area contributed by atoms with Crippen LogP contribution in [0.3, 0.4) is 0 Å². The number of carbonyl (C=O) groups is 1. The Kier molecular flexibility index (Phi) is 4.01. The van der Waals surface area contributed by atoms with Gasteiger partial charge in [0.25, 0.3) is 0 Å². The lowest BCUT2D eigenvalue weighted by Crippen LogP contribution is -2.23. The first-order valence-electron chi connectivity index (χ1n) is 5.76. The number of sulfone groups is 1. The average molecular weight is 304 g/mol. The maximum Gasteiger partial charge on any atom is 0.228 e. The fourth-order valence-corrected chi connectivity index (χ4v) is 3.93. The van der Waals surface area contributed by atoms with Crippen LogP contribution in [0.25, 0.3) is 0 Å². The number of halogens is 1. The average Bonchev–Trinajstić information content (AvgIpc) is 2.70. The van der Waals surface area contributed by atoms with E-state index >= 15 is 0 Å². The minimum absolute atomic E-state index is 0.0672. The van der Waals surface area contributed by atoms with Crippen LogP contribution in [0, 0.1) is 5.92 Å². The van der Waals surface area contributed by atoms with Crippen LogP contribution < -0.4 is 10.1 Å². The molecule has 1 aromatic rings. The van der Waals surface area contributed by atoms with Crippen LogP contribution in [0.4, 0.5) is 5.69 Å². The molecule has 0 aliphatic carbocycles. The monoisotopic (exact) mass is 303 g/mol. The van der Waals surface area contributed by atoms with Gasteiger partial charge in [-0.1, -0.05) is 11.6 Å². The molecule has 1 aliphatic rings. The normalized spacial score (nSPS) is 21.1. The van der Waals surface area contributed by atoms with Crippen LogP contribution in [0.1, 0.15) is 6.42 Å². The Morgan fingerprint density at radius 1 is 1.47 bits per heavy atom. The molecule has 1 saturated heterocycles. The number of hydrogen-bond donors (Lipinski definition) is 1. The Balaban J connectivity index is 2.13. The first-order chi connectivity index (χ1) is 8.91. The van der Waals surface area contributed by atoms with Gasteiger partial charge in [-0.2, -0.15) is 0 Å². The Hall–Kier alpha value is -1.27. The van der Waals surface area contributed by atoms with Gasteiger partial charge in [0.1, 0.15) is 5.75 Å². The molecule has 0 saturated carbocycles. The number of methoxy groups -OCH3 is 1. The summed E-state index contributed by atoms with van der Waals surface area (Å²) in [5.74, 6) is -0.367. The molecule has 104 valence electrons. The lowest BCUT2D eigenvalue weighted by molar-refractivity contribution is -0.119. The van der Waals surface area contributed by atoms with Crippen molar-refractivity contribution in [3.63, 3.8) is 0 Å². The summed E-state index contributed by atoms with van der Waals surface area (Å²) >= 11 is 5.86. The summed E-state index contributed by atoms with van der Waals surface area (Å²) in [6, 6.07) is 4.86. The van der Waals surface area contributed by atoms with E-state index in [4.69, 9.17) is 16.3 Å². The predicted molar refractivity (Wildman–Crippen MR) is 73.4 cm³/mol. The van der Waals surface area contributed by atoms with Crippen LogP contribution in [0.5, 0.6) is 5.75 Å². The van der Waals surface area contributed by atoms with E-state index in [0.717, 1.165) is 0 Å². The van der Waals surface area contributed by atoms with Crippen molar-refractivity contribution in [1.82, 2.24) is 0 Å². The second-order valence-electron chi connectivity index (χ2n) is 4.43. The molecular formula is C12H14ClNO4S. The molecule has 1 aromatic carbocycles. The number of rotatable bonds is 3. The minimum atomic E-state index is -3.07. The quantitative estimate of drug-likeness (QED) is 0.923. The van der Waals surface area contributed by atoms with Gasteiger partial charge >= 0.3 is 0 Å². The van der Waals surface area contributed by atoms with Crippen molar-refractivity contribution in [3.05, 3.63) is 23.2 Å². The summed E-state index contributed by atoms with van der Waals surface area (Å²) in [7, 11) is -1.59. The molecule has 1 amide bonds. The van der Waals surface area contributed by atoms with Gasteiger partial charge in [0.2, 0.25) is 5.91 Å². The maximum absolute atomic E-state index is 12.0. The number of benzene rings is 1. The molecule has 7 heteroatoms. The van der Waals surface area contributed by atoms with Gasteiger partial charge in [0, 0.05) is 5.02 Å². The lowest BCUT2D eigenvalue weighted by Gasteiger charge is -2.13. The van der Waals surface area contributed by atoms with Gasteiger partial charge < -0.3 is 10.1 Å². The summed E-state index contributed by atoms with van der Waals surface area (Å²) in [5.41, 5.74) is 0.448. The molecule has 1 N–H and O–H groups in total. The van der Waals surface area contributed by atoms with Gasteiger partial charge in [-0.3, -0.25) is 4.79 Å². The van der Waals surface area contributed by atoms with Crippen molar-refractivity contribution < 1.29 is 17.9 Å². The molecule has 0 spiro atoms. The fraction of sp³-hybridized carbons (Fsp3) is 0.417. The Bertz CT molecular complexity index is 600. The van der Waals surface area contributed by atoms with Crippen LogP contribution in [0.2, 0.25) is 5.02 Å². The number of ether oxygens (including phenoxy) is 1. The molecule has 5 nitrogen and oxygen atoms in total. The molecule has 0 aromatic heterocycles. The minimum Gasteiger partial charge on any atom is -0.495 e. The van der Waals surface area contributed by atoms with E-state index < -0.39 is 15.8 Å². The van der Waals surface area contributed by atoms with Gasteiger partial charge in [-0.05, 0) is 24.6 Å². The van der Waals surface area contributed by atoms with Crippen molar-refractivity contribution in [1.29, 1.82) is 0 Å². The van der Waals surface area contributed by atoms with Gasteiger partial charge in [0.15, 0.2) is 9.84 Å². The largest absolute Gasteiger partial charge is 0.495 e. The Labute approximate surface area is 116 Å². The van der Waals surface area contributed by atoms with Gasteiger partial charge in [-0.15, -0.1) is 0 Å². The third-order valence-corrected chi connectivity index (χ3v) is 5.03. The third kappa shape index (κ3) is 3.39. The second-order valence-corrected chi connectivity index (χ2v) is 7.10. The third-order valence-electron chi connectivity index (χ3n) is 3.02. The molecule has 0 radical (unpaired) electrons. The van der Waals surface area contributed by atoms with Crippen LogP contribution >= 0.6 is 11.6 Å². The molecule has 1 fully saturated rings. The Morgan fingerprint density at radius 3 is 2.79 bits per heavy atom. The highest BCUT2D eigenvalue weighted by Crippen LogP contribution is 2.29. The van der Waals surface area contributed by atoms with Crippen LogP contribution in [-0.4, -0.2) is 32.9 Å². The van der Waals surface area contributed by atoms with Crippen molar-refractivity contribution in [2.75, 3.05) is 23.9 Å². The van der Waals surface area contributed by atoms with Gasteiger partial charge in [0.05, 0.1) is 30.2 Å². The first kappa shape index (κ1) is 14.1. The van der Waals surface area contributed by atoms with Crippen molar-refractivity contribution in [2.45, 2.75) is 6.42 Å². The van der Waals surface area contributed by atoms with E-state index in [1.807, 2.05) is 0 Å². The van der Waals surface area contributed by atoms with Crippen molar-refractivity contribution in [3.8, 4) is 5.75 Å². The summed E-state index contributed by atoms with van der Waals surface area (Å²) in [4.78, 5) is 12.0. The van der Waals surface area contributed by atoms with Crippen molar-refractivity contribution >= 4 is 33.0 Å². The topological polar surface area (TPSA) is 72.5 Å². The molecule has 0 unspecified atom stereocenters. The molecule has 1 aliphatic heterocycles. The highest BCUT2D eigenvalue weighted by molar-refractivity contribution is 7.91. The molecule has 19 heavy (non-hydrogen) atoms. The SMILES string of the molecule is COc1ccc(Cl)cc1NC(=O)[C@H]1CCS(=O)(=O)C1. The zero-order valence-electron chi connectivity index (χ0n) is 10.3. The summed E-state index contributed by atoms with van der Waals surface area (Å²) < 4.78 is 27.8. The first-order valence-corrected chi connectivity index (χ1v) is 7.96. The second kappa shape index (κ2) is 5.38. The number of carbonyl (C=O) groups excluding carboxylic acids is 1. The molecule has 2 rings (SSSR count). The number of anilines is 1. The smallest absolute Gasteiger partial charge is 0.228 e.